The van der Waals surface area contributed by atoms with E-state index >= 15 is 0 Å². The van der Waals surface area contributed by atoms with E-state index in [4.69, 9.17) is 9.47 Å². The van der Waals surface area contributed by atoms with Gasteiger partial charge in [-0.2, -0.15) is 0 Å². The van der Waals surface area contributed by atoms with Crippen molar-refractivity contribution in [1.82, 2.24) is 10.6 Å². The number of ether oxygens (including phenoxy) is 2. The topological polar surface area (TPSA) is 59.6 Å². The van der Waals surface area contributed by atoms with Gasteiger partial charge in [-0.1, -0.05) is 38.5 Å². The Hall–Kier alpha value is -0.810. The van der Waals surface area contributed by atoms with Gasteiger partial charge in [-0.15, -0.1) is 0 Å². The van der Waals surface area contributed by atoms with Crippen LogP contribution in [0.4, 0.5) is 4.79 Å². The van der Waals surface area contributed by atoms with Gasteiger partial charge in [0.2, 0.25) is 0 Å². The third-order valence-electron chi connectivity index (χ3n) is 5.38. The van der Waals surface area contributed by atoms with Crippen LogP contribution in [0.25, 0.3) is 0 Å². The molecule has 0 spiro atoms. The highest BCUT2D eigenvalue weighted by Crippen LogP contribution is 2.25. The largest absolute Gasteiger partial charge is 0.373 e. The summed E-state index contributed by atoms with van der Waals surface area (Å²) in [6.07, 6.45) is 14.2. The normalized spacial score (nSPS) is 31.7. The molecule has 1 aliphatic heterocycles. The first kappa shape index (κ1) is 17.0. The number of carbonyl (C=O) groups excluding carboxylic acids is 1. The minimum Gasteiger partial charge on any atom is -0.373 e. The van der Waals surface area contributed by atoms with E-state index in [1.165, 1.54) is 38.5 Å². The molecule has 2 amide bonds. The van der Waals surface area contributed by atoms with Gasteiger partial charge in [0.1, 0.15) is 0 Å². The lowest BCUT2D eigenvalue weighted by molar-refractivity contribution is -0.0833. The van der Waals surface area contributed by atoms with Crippen molar-refractivity contribution in [2.24, 2.45) is 0 Å². The first-order chi connectivity index (χ1) is 11.3. The van der Waals surface area contributed by atoms with Crippen molar-refractivity contribution in [2.75, 3.05) is 13.1 Å². The van der Waals surface area contributed by atoms with Crippen molar-refractivity contribution in [3.63, 3.8) is 0 Å². The van der Waals surface area contributed by atoms with E-state index in [1.807, 2.05) is 0 Å². The van der Waals surface area contributed by atoms with E-state index < -0.39 is 0 Å². The first-order valence-electron chi connectivity index (χ1n) is 9.62. The second-order valence-electron chi connectivity index (χ2n) is 7.36. The lowest BCUT2D eigenvalue weighted by Crippen LogP contribution is -2.50. The van der Waals surface area contributed by atoms with E-state index in [1.54, 1.807) is 0 Å². The first-order valence-corrected chi connectivity index (χ1v) is 9.62. The molecule has 0 radical (unpaired) electrons. The zero-order chi connectivity index (χ0) is 15.9. The molecule has 3 aliphatic rings. The highest BCUT2D eigenvalue weighted by atomic mass is 16.5. The number of amides is 2. The van der Waals surface area contributed by atoms with Crippen LogP contribution in [0.15, 0.2) is 0 Å². The fraction of sp³-hybridized carbons (Fsp3) is 0.944. The Balaban J connectivity index is 1.53. The molecule has 1 heterocycles. The van der Waals surface area contributed by atoms with Crippen molar-refractivity contribution in [1.29, 1.82) is 0 Å². The zero-order valence-corrected chi connectivity index (χ0v) is 14.2. The fourth-order valence-electron chi connectivity index (χ4n) is 4.09. The second-order valence-corrected chi connectivity index (χ2v) is 7.36. The maximum atomic E-state index is 11.8. The molecule has 23 heavy (non-hydrogen) atoms. The summed E-state index contributed by atoms with van der Waals surface area (Å²) in [6.45, 7) is 1.18. The van der Waals surface area contributed by atoms with Crippen LogP contribution in [-0.2, 0) is 9.47 Å². The summed E-state index contributed by atoms with van der Waals surface area (Å²) in [4.78, 5) is 11.8. The van der Waals surface area contributed by atoms with Gasteiger partial charge < -0.3 is 20.1 Å². The number of nitrogens with one attached hydrogen (secondary N) is 2. The standard InChI is InChI=1S/C18H32N2O3/c21-18-19-12-16(22-14-7-3-1-4-8-14)11-17(13-20-18)23-15-9-5-2-6-10-15/h14-17H,1-13H2,(H2,19,20,21). The average molecular weight is 324 g/mol. The minimum absolute atomic E-state index is 0.0812. The van der Waals surface area contributed by atoms with Crippen molar-refractivity contribution >= 4 is 6.03 Å². The minimum atomic E-state index is -0.0980. The molecule has 132 valence electrons. The van der Waals surface area contributed by atoms with E-state index in [9.17, 15) is 4.79 Å². The molecule has 5 nitrogen and oxygen atoms in total. The lowest BCUT2D eigenvalue weighted by atomic mass is 9.96. The van der Waals surface area contributed by atoms with Crippen LogP contribution in [0.5, 0.6) is 0 Å². The zero-order valence-electron chi connectivity index (χ0n) is 14.2. The Bertz CT molecular complexity index is 333. The highest BCUT2D eigenvalue weighted by Gasteiger charge is 2.27. The van der Waals surface area contributed by atoms with Gasteiger partial charge in [0.05, 0.1) is 24.4 Å². The smallest absolute Gasteiger partial charge is 0.314 e. The molecule has 2 N–H and O–H groups in total. The number of urea groups is 1. The summed E-state index contributed by atoms with van der Waals surface area (Å²) in [5, 5.41) is 5.84. The maximum Gasteiger partial charge on any atom is 0.314 e. The Kier molecular flexibility index (Phi) is 6.57. The van der Waals surface area contributed by atoms with E-state index in [2.05, 4.69) is 10.6 Å². The molecule has 5 heteroatoms. The van der Waals surface area contributed by atoms with Crippen LogP contribution in [-0.4, -0.2) is 43.5 Å². The van der Waals surface area contributed by atoms with E-state index in [0.29, 0.717) is 25.3 Å². The van der Waals surface area contributed by atoms with Crippen LogP contribution in [0.3, 0.4) is 0 Å². The average Bonchev–Trinajstić information content (AvgIpc) is 2.58. The van der Waals surface area contributed by atoms with E-state index in [0.717, 1.165) is 32.1 Å². The molecular formula is C18H32N2O3. The monoisotopic (exact) mass is 324 g/mol. The molecule has 2 saturated carbocycles. The van der Waals surface area contributed by atoms with E-state index in [-0.39, 0.29) is 18.2 Å². The lowest BCUT2D eigenvalue weighted by Gasteiger charge is -2.34. The van der Waals surface area contributed by atoms with Gasteiger partial charge in [0.25, 0.3) is 0 Å². The van der Waals surface area contributed by atoms with Gasteiger partial charge in [-0.25, -0.2) is 4.79 Å². The predicted octanol–water partition coefficient (Wildman–Crippen LogP) is 3.13. The quantitative estimate of drug-likeness (QED) is 0.835. The van der Waals surface area contributed by atoms with Crippen LogP contribution < -0.4 is 10.6 Å². The fourth-order valence-corrected chi connectivity index (χ4v) is 4.09. The SMILES string of the molecule is O=C1NCC(OC2CCCCC2)CC(OC2CCCCC2)CN1. The molecular weight excluding hydrogens is 292 g/mol. The summed E-state index contributed by atoms with van der Waals surface area (Å²) < 4.78 is 12.6. The van der Waals surface area contributed by atoms with Gasteiger partial charge in [-0.05, 0) is 25.7 Å². The summed E-state index contributed by atoms with van der Waals surface area (Å²) in [6, 6.07) is -0.0980. The molecule has 3 fully saturated rings. The maximum absolute atomic E-state index is 11.8. The molecule has 2 unspecified atom stereocenters. The Labute approximate surface area is 139 Å². The third-order valence-corrected chi connectivity index (χ3v) is 5.38. The molecule has 1 saturated heterocycles. The van der Waals surface area contributed by atoms with Crippen molar-refractivity contribution in [3.05, 3.63) is 0 Å². The van der Waals surface area contributed by atoms with Crippen molar-refractivity contribution in [3.8, 4) is 0 Å². The second kappa shape index (κ2) is 8.88. The number of hydrogen-bond donors (Lipinski definition) is 2. The van der Waals surface area contributed by atoms with Crippen LogP contribution >= 0.6 is 0 Å². The van der Waals surface area contributed by atoms with Crippen molar-refractivity contribution < 1.29 is 14.3 Å². The summed E-state index contributed by atoms with van der Waals surface area (Å²) in [7, 11) is 0. The summed E-state index contributed by atoms with van der Waals surface area (Å²) >= 11 is 0. The third kappa shape index (κ3) is 5.64. The van der Waals surface area contributed by atoms with Gasteiger partial charge in [0.15, 0.2) is 0 Å². The number of rotatable bonds is 4. The van der Waals surface area contributed by atoms with Gasteiger partial charge in [-0.3, -0.25) is 0 Å². The Morgan fingerprint density at radius 3 is 1.52 bits per heavy atom. The molecule has 3 rings (SSSR count). The van der Waals surface area contributed by atoms with Crippen molar-refractivity contribution in [2.45, 2.75) is 95.0 Å². The van der Waals surface area contributed by atoms with Crippen LogP contribution in [0, 0.1) is 0 Å². The van der Waals surface area contributed by atoms with Gasteiger partial charge >= 0.3 is 6.03 Å². The molecule has 2 aliphatic carbocycles. The molecule has 0 aromatic carbocycles. The van der Waals surface area contributed by atoms with Crippen LogP contribution in [0.1, 0.15) is 70.6 Å². The summed E-state index contributed by atoms with van der Waals surface area (Å²) in [5.74, 6) is 0. The number of hydrogen-bond acceptors (Lipinski definition) is 3. The highest BCUT2D eigenvalue weighted by molar-refractivity contribution is 5.73. The Morgan fingerprint density at radius 2 is 1.09 bits per heavy atom. The Morgan fingerprint density at radius 1 is 0.652 bits per heavy atom. The number of carbonyl (C=O) groups is 1. The van der Waals surface area contributed by atoms with Crippen LogP contribution in [0.2, 0.25) is 0 Å². The molecule has 0 bridgehead atoms. The predicted molar refractivity (Wildman–Crippen MR) is 89.5 cm³/mol. The molecule has 0 aromatic rings. The molecule has 0 aromatic heterocycles. The summed E-state index contributed by atoms with van der Waals surface area (Å²) in [5.41, 5.74) is 0. The van der Waals surface area contributed by atoms with Gasteiger partial charge in [0, 0.05) is 19.5 Å². The molecule has 2 atom stereocenters.